The topological polar surface area (TPSA) is 75.6 Å². The van der Waals surface area contributed by atoms with Gasteiger partial charge in [-0.15, -0.1) is 0 Å². The Morgan fingerprint density at radius 3 is 2.22 bits per heavy atom. The van der Waals surface area contributed by atoms with Gasteiger partial charge in [0.25, 0.3) is 0 Å². The van der Waals surface area contributed by atoms with E-state index >= 15 is 0 Å². The second kappa shape index (κ2) is 5.38. The Kier molecular flexibility index (Phi) is 4.53. The van der Waals surface area contributed by atoms with E-state index in [9.17, 15) is 9.59 Å². The number of carboxylic acids is 1. The Hall–Kier alpha value is -0.910. The minimum Gasteiger partial charge on any atom is -0.481 e. The lowest BCUT2D eigenvalue weighted by atomic mass is 9.84. The summed E-state index contributed by atoms with van der Waals surface area (Å²) in [6.45, 7) is 7.11. The standard InChI is InChI=1S/C12H21NO4S/c1-11(2,3)17-10(16)13-12(4,5-9(14)15)8-6-18-7-8/h8H,5-7H2,1-4H3,(H,13,16)(H,14,15). The minimum absolute atomic E-state index is 0.0858. The molecule has 1 fully saturated rings. The highest BCUT2D eigenvalue weighted by atomic mass is 32.2. The molecule has 1 atom stereocenters. The fourth-order valence-corrected chi connectivity index (χ4v) is 2.95. The van der Waals surface area contributed by atoms with Crippen LogP contribution in [0.1, 0.15) is 34.1 Å². The Bertz CT molecular complexity index is 335. The van der Waals surface area contributed by atoms with Gasteiger partial charge >= 0.3 is 12.1 Å². The molecule has 1 aliphatic heterocycles. The van der Waals surface area contributed by atoms with Crippen LogP contribution in [0, 0.1) is 5.92 Å². The molecule has 1 amide bonds. The van der Waals surface area contributed by atoms with Gasteiger partial charge in [0.1, 0.15) is 5.60 Å². The molecule has 0 aromatic rings. The van der Waals surface area contributed by atoms with E-state index < -0.39 is 23.2 Å². The lowest BCUT2D eigenvalue weighted by molar-refractivity contribution is -0.139. The zero-order valence-corrected chi connectivity index (χ0v) is 12.1. The predicted octanol–water partition coefficient (Wildman–Crippen LogP) is 2.11. The number of ether oxygens (including phenoxy) is 1. The maximum absolute atomic E-state index is 11.8. The van der Waals surface area contributed by atoms with Gasteiger partial charge in [-0.25, -0.2) is 4.79 Å². The molecule has 0 bridgehead atoms. The smallest absolute Gasteiger partial charge is 0.408 e. The molecule has 0 aromatic heterocycles. The highest BCUT2D eigenvalue weighted by Crippen LogP contribution is 2.36. The van der Waals surface area contributed by atoms with Crippen molar-refractivity contribution < 1.29 is 19.4 Å². The number of rotatable bonds is 4. The second-order valence-electron chi connectivity index (χ2n) is 5.85. The summed E-state index contributed by atoms with van der Waals surface area (Å²) in [7, 11) is 0. The van der Waals surface area contributed by atoms with Gasteiger partial charge in [0.2, 0.25) is 0 Å². The Labute approximate surface area is 112 Å². The number of hydrogen-bond acceptors (Lipinski definition) is 4. The molecule has 5 nitrogen and oxygen atoms in total. The number of amides is 1. The van der Waals surface area contributed by atoms with Gasteiger partial charge in [-0.1, -0.05) is 0 Å². The number of alkyl carbamates (subject to hydrolysis) is 1. The summed E-state index contributed by atoms with van der Waals surface area (Å²) in [4.78, 5) is 22.7. The fraction of sp³-hybridized carbons (Fsp3) is 0.833. The molecule has 18 heavy (non-hydrogen) atoms. The highest BCUT2D eigenvalue weighted by Gasteiger charge is 2.42. The van der Waals surface area contributed by atoms with Gasteiger partial charge in [-0.2, -0.15) is 11.8 Å². The number of hydrogen-bond donors (Lipinski definition) is 2. The van der Waals surface area contributed by atoms with Gasteiger partial charge in [-0.05, 0) is 39.2 Å². The van der Waals surface area contributed by atoms with Gasteiger partial charge < -0.3 is 15.2 Å². The van der Waals surface area contributed by atoms with Crippen molar-refractivity contribution in [3.8, 4) is 0 Å². The molecule has 0 aromatic carbocycles. The van der Waals surface area contributed by atoms with E-state index in [-0.39, 0.29) is 12.3 Å². The molecule has 1 unspecified atom stereocenters. The third-order valence-electron chi connectivity index (χ3n) is 2.84. The Morgan fingerprint density at radius 1 is 1.33 bits per heavy atom. The van der Waals surface area contributed by atoms with Crippen LogP contribution < -0.4 is 5.32 Å². The molecular weight excluding hydrogens is 254 g/mol. The monoisotopic (exact) mass is 275 g/mol. The molecular formula is C12H21NO4S. The van der Waals surface area contributed by atoms with Crippen molar-refractivity contribution in [1.82, 2.24) is 5.32 Å². The first-order chi connectivity index (χ1) is 8.12. The van der Waals surface area contributed by atoms with E-state index in [0.29, 0.717) is 0 Å². The quantitative estimate of drug-likeness (QED) is 0.822. The molecule has 1 heterocycles. The molecule has 0 spiro atoms. The van der Waals surface area contributed by atoms with E-state index in [0.717, 1.165) is 11.5 Å². The number of nitrogens with one attached hydrogen (secondary N) is 1. The van der Waals surface area contributed by atoms with Crippen molar-refractivity contribution in [1.29, 1.82) is 0 Å². The molecule has 6 heteroatoms. The highest BCUT2D eigenvalue weighted by molar-refractivity contribution is 8.00. The number of carboxylic acid groups (broad SMARTS) is 1. The van der Waals surface area contributed by atoms with E-state index in [1.165, 1.54) is 0 Å². The average Bonchev–Trinajstić information content (AvgIpc) is 1.90. The maximum atomic E-state index is 11.8. The minimum atomic E-state index is -0.912. The van der Waals surface area contributed by atoms with Gasteiger partial charge in [0, 0.05) is 5.92 Å². The van der Waals surface area contributed by atoms with Crippen LogP contribution in [-0.4, -0.2) is 39.8 Å². The maximum Gasteiger partial charge on any atom is 0.408 e. The summed E-state index contributed by atoms with van der Waals surface area (Å²) in [5, 5.41) is 11.7. The first-order valence-electron chi connectivity index (χ1n) is 5.93. The van der Waals surface area contributed by atoms with Gasteiger partial charge in [0.15, 0.2) is 0 Å². The van der Waals surface area contributed by atoms with Crippen molar-refractivity contribution in [3.63, 3.8) is 0 Å². The van der Waals surface area contributed by atoms with Crippen LogP contribution in [0.25, 0.3) is 0 Å². The van der Waals surface area contributed by atoms with Crippen LogP contribution >= 0.6 is 11.8 Å². The first-order valence-corrected chi connectivity index (χ1v) is 7.08. The summed E-state index contributed by atoms with van der Waals surface area (Å²) < 4.78 is 5.18. The van der Waals surface area contributed by atoms with Crippen LogP contribution in [0.15, 0.2) is 0 Å². The van der Waals surface area contributed by atoms with Gasteiger partial charge in [0.05, 0.1) is 12.0 Å². The SMILES string of the molecule is CC(C)(C)OC(=O)NC(C)(CC(=O)O)C1CSC1. The van der Waals surface area contributed by atoms with Crippen molar-refractivity contribution >= 4 is 23.8 Å². The zero-order chi connectivity index (χ0) is 14.0. The van der Waals surface area contributed by atoms with E-state index in [1.807, 2.05) is 0 Å². The van der Waals surface area contributed by atoms with Gasteiger partial charge in [-0.3, -0.25) is 4.79 Å². The molecule has 2 N–H and O–H groups in total. The zero-order valence-electron chi connectivity index (χ0n) is 11.3. The third kappa shape index (κ3) is 4.40. The average molecular weight is 275 g/mol. The Balaban J connectivity index is 2.66. The van der Waals surface area contributed by atoms with E-state index in [4.69, 9.17) is 9.84 Å². The number of carbonyl (C=O) groups is 2. The van der Waals surface area contributed by atoms with Crippen molar-refractivity contribution in [2.24, 2.45) is 5.92 Å². The number of thioether (sulfide) groups is 1. The largest absolute Gasteiger partial charge is 0.481 e. The molecule has 104 valence electrons. The lowest BCUT2D eigenvalue weighted by Gasteiger charge is -2.42. The van der Waals surface area contributed by atoms with Crippen LogP contribution in [0.4, 0.5) is 4.79 Å². The third-order valence-corrected chi connectivity index (χ3v) is 4.12. The van der Waals surface area contributed by atoms with Crippen LogP contribution in [0.5, 0.6) is 0 Å². The predicted molar refractivity (Wildman–Crippen MR) is 70.8 cm³/mol. The normalized spacial score (nSPS) is 19.6. The number of carbonyl (C=O) groups excluding carboxylic acids is 1. The molecule has 1 saturated heterocycles. The van der Waals surface area contributed by atoms with Crippen LogP contribution in [0.2, 0.25) is 0 Å². The summed E-state index contributed by atoms with van der Waals surface area (Å²) in [5.74, 6) is 1.02. The van der Waals surface area contributed by atoms with E-state index in [2.05, 4.69) is 5.32 Å². The Morgan fingerprint density at radius 2 is 1.89 bits per heavy atom. The van der Waals surface area contributed by atoms with Crippen molar-refractivity contribution in [2.75, 3.05) is 11.5 Å². The molecule has 1 rings (SSSR count). The van der Waals surface area contributed by atoms with Crippen LogP contribution in [-0.2, 0) is 9.53 Å². The summed E-state index contributed by atoms with van der Waals surface area (Å²) in [6, 6.07) is 0. The molecule has 0 saturated carbocycles. The second-order valence-corrected chi connectivity index (χ2v) is 6.92. The number of aliphatic carboxylic acids is 1. The summed E-state index contributed by atoms with van der Waals surface area (Å²) in [6.07, 6.45) is -0.638. The summed E-state index contributed by atoms with van der Waals surface area (Å²) >= 11 is 1.75. The van der Waals surface area contributed by atoms with E-state index in [1.54, 1.807) is 39.5 Å². The molecule has 0 aliphatic carbocycles. The van der Waals surface area contributed by atoms with Crippen molar-refractivity contribution in [3.05, 3.63) is 0 Å². The first kappa shape index (κ1) is 15.1. The lowest BCUT2D eigenvalue weighted by Crippen LogP contribution is -2.57. The summed E-state index contributed by atoms with van der Waals surface area (Å²) in [5.41, 5.74) is -1.32. The van der Waals surface area contributed by atoms with Crippen LogP contribution in [0.3, 0.4) is 0 Å². The molecule has 1 aliphatic rings. The fourth-order valence-electron chi connectivity index (χ4n) is 1.75. The van der Waals surface area contributed by atoms with Crippen molar-refractivity contribution in [2.45, 2.75) is 45.3 Å². The molecule has 0 radical (unpaired) electrons.